The van der Waals surface area contributed by atoms with E-state index in [1.54, 1.807) is 12.4 Å². The average molecular weight is 249 g/mol. The highest BCUT2D eigenvalue weighted by Crippen LogP contribution is 2.25. The van der Waals surface area contributed by atoms with Crippen molar-refractivity contribution in [3.8, 4) is 0 Å². The summed E-state index contributed by atoms with van der Waals surface area (Å²) in [6, 6.07) is 13.8. The van der Waals surface area contributed by atoms with Crippen LogP contribution in [0.3, 0.4) is 0 Å². The molecule has 0 saturated heterocycles. The third kappa shape index (κ3) is 2.20. The van der Waals surface area contributed by atoms with Crippen LogP contribution in [0.5, 0.6) is 0 Å². The van der Waals surface area contributed by atoms with Crippen LogP contribution in [0.4, 0.5) is 0 Å². The molecule has 2 heterocycles. The van der Waals surface area contributed by atoms with Gasteiger partial charge in [-0.1, -0.05) is 24.3 Å². The summed E-state index contributed by atoms with van der Waals surface area (Å²) in [5, 5.41) is 1.10. The number of nitrogens with zero attached hydrogens (tertiary/aromatic N) is 2. The van der Waals surface area contributed by atoms with Crippen LogP contribution in [0.1, 0.15) is 22.9 Å². The third-order valence-electron chi connectivity index (χ3n) is 3.25. The number of hydrogen-bond acceptors (Lipinski definition) is 3. The van der Waals surface area contributed by atoms with Crippen LogP contribution in [0.2, 0.25) is 0 Å². The van der Waals surface area contributed by atoms with E-state index < -0.39 is 0 Å². The summed E-state index contributed by atoms with van der Waals surface area (Å²) in [5.74, 6) is 0. The normalized spacial score (nSPS) is 12.5. The van der Waals surface area contributed by atoms with Crippen molar-refractivity contribution in [3.63, 3.8) is 0 Å². The van der Waals surface area contributed by atoms with Gasteiger partial charge in [0, 0.05) is 23.3 Å². The molecule has 0 fully saturated rings. The lowest BCUT2D eigenvalue weighted by Gasteiger charge is -2.14. The molecule has 1 atom stereocenters. The highest BCUT2D eigenvalue weighted by molar-refractivity contribution is 5.82. The first-order chi connectivity index (χ1) is 9.25. The molecule has 0 amide bonds. The molecule has 3 nitrogen and oxygen atoms in total. The number of benzene rings is 1. The smallest absolute Gasteiger partial charge is 0.0753 e. The monoisotopic (exact) mass is 249 g/mol. The van der Waals surface area contributed by atoms with E-state index in [0.717, 1.165) is 27.7 Å². The predicted molar refractivity (Wildman–Crippen MR) is 76.7 cm³/mol. The van der Waals surface area contributed by atoms with E-state index in [4.69, 9.17) is 5.73 Å². The van der Waals surface area contributed by atoms with E-state index in [0.29, 0.717) is 0 Å². The zero-order chi connectivity index (χ0) is 13.2. The van der Waals surface area contributed by atoms with E-state index >= 15 is 0 Å². The Kier molecular flexibility index (Phi) is 2.97. The highest BCUT2D eigenvalue weighted by atomic mass is 14.8. The Morgan fingerprint density at radius 1 is 1.00 bits per heavy atom. The van der Waals surface area contributed by atoms with Crippen molar-refractivity contribution in [2.45, 2.75) is 13.0 Å². The molecule has 0 saturated carbocycles. The van der Waals surface area contributed by atoms with Crippen molar-refractivity contribution in [3.05, 3.63) is 71.7 Å². The van der Waals surface area contributed by atoms with Gasteiger partial charge in [0.05, 0.1) is 17.3 Å². The van der Waals surface area contributed by atoms with E-state index in [2.05, 4.69) is 9.97 Å². The van der Waals surface area contributed by atoms with Gasteiger partial charge in [-0.15, -0.1) is 0 Å². The summed E-state index contributed by atoms with van der Waals surface area (Å²) >= 11 is 0. The molecule has 2 N–H and O–H groups in total. The molecule has 3 aromatic rings. The summed E-state index contributed by atoms with van der Waals surface area (Å²) in [5.41, 5.74) is 10.3. The van der Waals surface area contributed by atoms with Crippen LogP contribution in [0.25, 0.3) is 10.9 Å². The van der Waals surface area contributed by atoms with Gasteiger partial charge in [-0.2, -0.15) is 0 Å². The molecule has 0 bridgehead atoms. The molecular weight excluding hydrogens is 234 g/mol. The Hall–Kier alpha value is -2.26. The molecular formula is C16H15N3. The summed E-state index contributed by atoms with van der Waals surface area (Å²) in [4.78, 5) is 8.81. The maximum Gasteiger partial charge on any atom is 0.0753 e. The van der Waals surface area contributed by atoms with Gasteiger partial charge in [-0.05, 0) is 30.7 Å². The zero-order valence-corrected chi connectivity index (χ0v) is 10.7. The van der Waals surface area contributed by atoms with Crippen molar-refractivity contribution >= 4 is 10.9 Å². The fourth-order valence-electron chi connectivity index (χ4n) is 2.27. The zero-order valence-electron chi connectivity index (χ0n) is 10.7. The molecule has 3 rings (SSSR count). The summed E-state index contributed by atoms with van der Waals surface area (Å²) in [7, 11) is 0. The van der Waals surface area contributed by atoms with Crippen molar-refractivity contribution in [2.24, 2.45) is 5.73 Å². The van der Waals surface area contributed by atoms with Gasteiger partial charge in [0.15, 0.2) is 0 Å². The number of pyridine rings is 2. The molecule has 19 heavy (non-hydrogen) atoms. The topological polar surface area (TPSA) is 51.8 Å². The Labute approximate surface area is 112 Å². The number of rotatable bonds is 2. The molecule has 94 valence electrons. The van der Waals surface area contributed by atoms with Gasteiger partial charge in [0.2, 0.25) is 0 Å². The minimum Gasteiger partial charge on any atom is -0.319 e. The van der Waals surface area contributed by atoms with Crippen LogP contribution in [0, 0.1) is 6.92 Å². The lowest BCUT2D eigenvalue weighted by atomic mass is 10.00. The number of fused-ring (bicyclic) bond motifs is 1. The Morgan fingerprint density at radius 3 is 2.68 bits per heavy atom. The van der Waals surface area contributed by atoms with Crippen molar-refractivity contribution in [1.82, 2.24) is 9.97 Å². The van der Waals surface area contributed by atoms with Gasteiger partial charge in [0.1, 0.15) is 0 Å². The molecule has 0 spiro atoms. The van der Waals surface area contributed by atoms with E-state index in [1.807, 2.05) is 49.4 Å². The number of hydrogen-bond donors (Lipinski definition) is 1. The minimum absolute atomic E-state index is 0.251. The second-order valence-corrected chi connectivity index (χ2v) is 4.66. The lowest BCUT2D eigenvalue weighted by Crippen LogP contribution is -2.14. The standard InChI is InChI=1S/C16H15N3/c1-11-7-9-18-14(10-11)15(17)13-6-2-4-12-5-3-8-19-16(12)13/h2-10,15H,17H2,1H3. The number of nitrogens with two attached hydrogens (primary N) is 1. The Balaban J connectivity index is 2.14. The SMILES string of the molecule is Cc1ccnc(C(N)c2cccc3cccnc23)c1. The Morgan fingerprint density at radius 2 is 1.84 bits per heavy atom. The molecule has 0 aliphatic carbocycles. The number of aryl methyl sites for hydroxylation is 1. The quantitative estimate of drug-likeness (QED) is 0.759. The van der Waals surface area contributed by atoms with Crippen LogP contribution < -0.4 is 5.73 Å². The second-order valence-electron chi connectivity index (χ2n) is 4.66. The van der Waals surface area contributed by atoms with E-state index in [-0.39, 0.29) is 6.04 Å². The molecule has 0 aliphatic rings. The third-order valence-corrected chi connectivity index (χ3v) is 3.25. The highest BCUT2D eigenvalue weighted by Gasteiger charge is 2.13. The van der Waals surface area contributed by atoms with E-state index in [9.17, 15) is 0 Å². The maximum atomic E-state index is 6.35. The fourth-order valence-corrected chi connectivity index (χ4v) is 2.27. The van der Waals surface area contributed by atoms with Gasteiger partial charge in [0.25, 0.3) is 0 Å². The van der Waals surface area contributed by atoms with Crippen molar-refractivity contribution in [2.75, 3.05) is 0 Å². The van der Waals surface area contributed by atoms with Gasteiger partial charge < -0.3 is 5.73 Å². The van der Waals surface area contributed by atoms with Crippen LogP contribution >= 0.6 is 0 Å². The number of para-hydroxylation sites is 1. The largest absolute Gasteiger partial charge is 0.319 e. The van der Waals surface area contributed by atoms with Gasteiger partial charge >= 0.3 is 0 Å². The van der Waals surface area contributed by atoms with Crippen LogP contribution in [-0.4, -0.2) is 9.97 Å². The summed E-state index contributed by atoms with van der Waals surface area (Å²) < 4.78 is 0. The lowest BCUT2D eigenvalue weighted by molar-refractivity contribution is 0.831. The molecule has 1 unspecified atom stereocenters. The maximum absolute atomic E-state index is 6.35. The van der Waals surface area contributed by atoms with Gasteiger partial charge in [-0.25, -0.2) is 0 Å². The van der Waals surface area contributed by atoms with Crippen LogP contribution in [0.15, 0.2) is 54.9 Å². The molecule has 0 aliphatic heterocycles. The van der Waals surface area contributed by atoms with Crippen molar-refractivity contribution < 1.29 is 0 Å². The molecule has 1 aromatic carbocycles. The Bertz CT molecular complexity index is 717. The van der Waals surface area contributed by atoms with Crippen LogP contribution in [-0.2, 0) is 0 Å². The average Bonchev–Trinajstić information content (AvgIpc) is 2.46. The van der Waals surface area contributed by atoms with Crippen molar-refractivity contribution in [1.29, 1.82) is 0 Å². The number of aromatic nitrogens is 2. The summed E-state index contributed by atoms with van der Waals surface area (Å²) in [6.45, 7) is 2.04. The predicted octanol–water partition coefficient (Wildman–Crippen LogP) is 2.99. The molecule has 3 heteroatoms. The first-order valence-electron chi connectivity index (χ1n) is 6.27. The summed E-state index contributed by atoms with van der Waals surface area (Å²) in [6.07, 6.45) is 3.59. The first kappa shape index (κ1) is 11.8. The molecule has 0 radical (unpaired) electrons. The fraction of sp³-hybridized carbons (Fsp3) is 0.125. The van der Waals surface area contributed by atoms with E-state index in [1.165, 1.54) is 0 Å². The first-order valence-corrected chi connectivity index (χ1v) is 6.27. The second kappa shape index (κ2) is 4.78. The molecule has 2 aromatic heterocycles. The minimum atomic E-state index is -0.251. The van der Waals surface area contributed by atoms with Gasteiger partial charge in [-0.3, -0.25) is 9.97 Å².